The first-order chi connectivity index (χ1) is 12.7. The standard InChI is InChI=1S/C20H21N5O/c1-25-13-22-24-20(25)17-10-18(12-21-11-17)23-19(26)9-14-5-7-16(8-6-14)15-3-2-4-15/h5-8,10-13,15H,2-4,9H2,1H3,(H,23,26). The number of aromatic nitrogens is 4. The molecule has 0 aliphatic heterocycles. The minimum atomic E-state index is -0.0571. The zero-order valence-electron chi connectivity index (χ0n) is 14.7. The van der Waals surface area contributed by atoms with Crippen LogP contribution in [0.5, 0.6) is 0 Å². The molecule has 2 heterocycles. The molecule has 132 valence electrons. The lowest BCUT2D eigenvalue weighted by Crippen LogP contribution is -2.15. The van der Waals surface area contributed by atoms with Crippen molar-refractivity contribution >= 4 is 11.6 Å². The van der Waals surface area contributed by atoms with Crippen LogP contribution in [0.3, 0.4) is 0 Å². The Hall–Kier alpha value is -3.02. The van der Waals surface area contributed by atoms with E-state index >= 15 is 0 Å². The van der Waals surface area contributed by atoms with Crippen molar-refractivity contribution in [2.45, 2.75) is 31.6 Å². The van der Waals surface area contributed by atoms with Crippen molar-refractivity contribution in [1.29, 1.82) is 0 Å². The Kier molecular flexibility index (Phi) is 4.48. The third-order valence-electron chi connectivity index (χ3n) is 4.91. The summed E-state index contributed by atoms with van der Waals surface area (Å²) < 4.78 is 1.81. The molecule has 4 rings (SSSR count). The van der Waals surface area contributed by atoms with Gasteiger partial charge >= 0.3 is 0 Å². The number of amides is 1. The van der Waals surface area contributed by atoms with Gasteiger partial charge in [0.1, 0.15) is 6.33 Å². The van der Waals surface area contributed by atoms with E-state index in [9.17, 15) is 4.79 Å². The maximum Gasteiger partial charge on any atom is 0.228 e. The molecular weight excluding hydrogens is 326 g/mol. The molecule has 0 atom stereocenters. The summed E-state index contributed by atoms with van der Waals surface area (Å²) in [7, 11) is 1.87. The van der Waals surface area contributed by atoms with Crippen molar-refractivity contribution in [1.82, 2.24) is 19.7 Å². The normalized spacial score (nSPS) is 14.0. The van der Waals surface area contributed by atoms with Gasteiger partial charge in [0, 0.05) is 18.8 Å². The summed E-state index contributed by atoms with van der Waals surface area (Å²) in [4.78, 5) is 16.6. The van der Waals surface area contributed by atoms with E-state index < -0.39 is 0 Å². The first-order valence-electron chi connectivity index (χ1n) is 8.87. The maximum absolute atomic E-state index is 12.4. The first kappa shape index (κ1) is 16.4. The summed E-state index contributed by atoms with van der Waals surface area (Å²) in [6.07, 6.45) is 9.23. The van der Waals surface area contributed by atoms with E-state index in [2.05, 4.69) is 44.8 Å². The molecule has 26 heavy (non-hydrogen) atoms. The molecule has 1 aromatic carbocycles. The highest BCUT2D eigenvalue weighted by atomic mass is 16.1. The van der Waals surface area contributed by atoms with Crippen LogP contribution >= 0.6 is 0 Å². The van der Waals surface area contributed by atoms with Crippen molar-refractivity contribution in [2.24, 2.45) is 7.05 Å². The molecule has 1 fully saturated rings. The molecule has 0 saturated heterocycles. The number of anilines is 1. The van der Waals surface area contributed by atoms with Gasteiger partial charge < -0.3 is 9.88 Å². The number of pyridine rings is 1. The van der Waals surface area contributed by atoms with Crippen molar-refractivity contribution in [2.75, 3.05) is 5.32 Å². The van der Waals surface area contributed by atoms with Crippen LogP contribution in [0.1, 0.15) is 36.3 Å². The number of benzene rings is 1. The van der Waals surface area contributed by atoms with Gasteiger partial charge in [-0.15, -0.1) is 10.2 Å². The lowest BCUT2D eigenvalue weighted by molar-refractivity contribution is -0.115. The Morgan fingerprint density at radius 3 is 2.69 bits per heavy atom. The monoisotopic (exact) mass is 347 g/mol. The second kappa shape index (κ2) is 7.07. The second-order valence-corrected chi connectivity index (χ2v) is 6.82. The molecule has 1 N–H and O–H groups in total. The molecule has 3 aromatic rings. The number of carbonyl (C=O) groups is 1. The molecule has 0 spiro atoms. The van der Waals surface area contributed by atoms with Gasteiger partial charge in [0.05, 0.1) is 18.3 Å². The largest absolute Gasteiger partial charge is 0.324 e. The zero-order chi connectivity index (χ0) is 17.9. The van der Waals surface area contributed by atoms with Crippen LogP contribution in [0.25, 0.3) is 11.4 Å². The van der Waals surface area contributed by atoms with Crippen LogP contribution in [-0.2, 0) is 18.3 Å². The number of nitrogens with zero attached hydrogens (tertiary/aromatic N) is 4. The smallest absolute Gasteiger partial charge is 0.228 e. The Labute approximate surface area is 152 Å². The van der Waals surface area contributed by atoms with Crippen molar-refractivity contribution < 1.29 is 4.79 Å². The molecule has 6 nitrogen and oxygen atoms in total. The van der Waals surface area contributed by atoms with Gasteiger partial charge in [0.15, 0.2) is 5.82 Å². The van der Waals surface area contributed by atoms with Crippen LogP contribution in [0, 0.1) is 0 Å². The minimum absolute atomic E-state index is 0.0571. The minimum Gasteiger partial charge on any atom is -0.324 e. The summed E-state index contributed by atoms with van der Waals surface area (Å²) in [6.45, 7) is 0. The Morgan fingerprint density at radius 1 is 1.23 bits per heavy atom. The van der Waals surface area contributed by atoms with Crippen LogP contribution < -0.4 is 5.32 Å². The molecule has 0 radical (unpaired) electrons. The summed E-state index contributed by atoms with van der Waals surface area (Å²) in [6, 6.07) is 10.3. The number of hydrogen-bond donors (Lipinski definition) is 1. The summed E-state index contributed by atoms with van der Waals surface area (Å²) in [5.74, 6) is 1.37. The highest BCUT2D eigenvalue weighted by Gasteiger charge is 2.19. The van der Waals surface area contributed by atoms with E-state index in [1.54, 1.807) is 18.7 Å². The lowest BCUT2D eigenvalue weighted by Gasteiger charge is -2.25. The third-order valence-corrected chi connectivity index (χ3v) is 4.91. The van der Waals surface area contributed by atoms with Gasteiger partial charge in [-0.05, 0) is 36.0 Å². The van der Waals surface area contributed by atoms with Crippen molar-refractivity contribution in [3.05, 3.63) is 60.2 Å². The zero-order valence-corrected chi connectivity index (χ0v) is 14.7. The van der Waals surface area contributed by atoms with Gasteiger partial charge in [-0.1, -0.05) is 30.7 Å². The van der Waals surface area contributed by atoms with Crippen molar-refractivity contribution in [3.63, 3.8) is 0 Å². The first-order valence-corrected chi connectivity index (χ1v) is 8.87. The Morgan fingerprint density at radius 2 is 2.04 bits per heavy atom. The third kappa shape index (κ3) is 3.49. The van der Waals surface area contributed by atoms with Crippen LogP contribution in [0.2, 0.25) is 0 Å². The quantitative estimate of drug-likeness (QED) is 0.768. The molecule has 1 aliphatic rings. The maximum atomic E-state index is 12.4. The molecule has 6 heteroatoms. The molecule has 0 unspecified atom stereocenters. The number of hydrogen-bond acceptors (Lipinski definition) is 4. The van der Waals surface area contributed by atoms with E-state index in [0.717, 1.165) is 11.1 Å². The lowest BCUT2D eigenvalue weighted by atomic mass is 9.80. The van der Waals surface area contributed by atoms with Gasteiger partial charge in [0.25, 0.3) is 0 Å². The topological polar surface area (TPSA) is 72.7 Å². The number of aryl methyl sites for hydroxylation is 1. The van der Waals surface area contributed by atoms with E-state index in [-0.39, 0.29) is 5.91 Å². The van der Waals surface area contributed by atoms with E-state index in [4.69, 9.17) is 0 Å². The number of rotatable bonds is 5. The molecule has 0 bridgehead atoms. The van der Waals surface area contributed by atoms with Gasteiger partial charge in [-0.25, -0.2) is 0 Å². The highest BCUT2D eigenvalue weighted by molar-refractivity contribution is 5.92. The Bertz CT molecular complexity index is 912. The average molecular weight is 347 g/mol. The average Bonchev–Trinajstić information content (AvgIpc) is 3.01. The molecule has 1 amide bonds. The SMILES string of the molecule is Cn1cnnc1-c1cncc(NC(=O)Cc2ccc(C3CCC3)cc2)c1. The summed E-state index contributed by atoms with van der Waals surface area (Å²) in [5, 5.41) is 10.9. The molecule has 1 saturated carbocycles. The Balaban J connectivity index is 1.41. The number of carbonyl (C=O) groups excluding carboxylic acids is 1. The molecule has 1 aliphatic carbocycles. The van der Waals surface area contributed by atoms with Crippen LogP contribution in [-0.4, -0.2) is 25.7 Å². The fourth-order valence-electron chi connectivity index (χ4n) is 3.21. The van der Waals surface area contributed by atoms with E-state index in [0.29, 0.717) is 23.9 Å². The summed E-state index contributed by atoms with van der Waals surface area (Å²) >= 11 is 0. The second-order valence-electron chi connectivity index (χ2n) is 6.82. The molecular formula is C20H21N5O. The van der Waals surface area contributed by atoms with E-state index in [1.165, 1.54) is 24.8 Å². The van der Waals surface area contributed by atoms with Gasteiger partial charge in [0.2, 0.25) is 5.91 Å². The summed E-state index contributed by atoms with van der Waals surface area (Å²) in [5.41, 5.74) is 3.87. The predicted molar refractivity (Wildman–Crippen MR) is 99.6 cm³/mol. The molecule has 2 aromatic heterocycles. The van der Waals surface area contributed by atoms with Gasteiger partial charge in [-0.3, -0.25) is 9.78 Å². The van der Waals surface area contributed by atoms with Crippen LogP contribution in [0.15, 0.2) is 49.1 Å². The number of nitrogens with one attached hydrogen (secondary N) is 1. The fraction of sp³-hybridized carbons (Fsp3) is 0.300. The van der Waals surface area contributed by atoms with Gasteiger partial charge in [-0.2, -0.15) is 0 Å². The predicted octanol–water partition coefficient (Wildman–Crippen LogP) is 3.33. The van der Waals surface area contributed by atoms with Crippen LogP contribution in [0.4, 0.5) is 5.69 Å². The fourth-order valence-corrected chi connectivity index (χ4v) is 3.21. The van der Waals surface area contributed by atoms with Crippen molar-refractivity contribution in [3.8, 4) is 11.4 Å². The van der Waals surface area contributed by atoms with E-state index in [1.807, 2.05) is 17.7 Å². The highest BCUT2D eigenvalue weighted by Crippen LogP contribution is 2.36.